The molecule has 22 heavy (non-hydrogen) atoms. The first-order valence-electron chi connectivity index (χ1n) is 7.74. The van der Waals surface area contributed by atoms with E-state index in [9.17, 15) is 0 Å². The monoisotopic (exact) mass is 294 g/mol. The average Bonchev–Trinajstić information content (AvgIpc) is 2.36. The second kappa shape index (κ2) is 6.39. The Morgan fingerprint density at radius 2 is 1.00 bits per heavy atom. The van der Waals surface area contributed by atoms with Gasteiger partial charge in [0.2, 0.25) is 0 Å². The molecule has 0 amide bonds. The summed E-state index contributed by atoms with van der Waals surface area (Å²) in [5, 5.41) is 0. The number of ether oxygens (including phenoxy) is 1. The fourth-order valence-corrected chi connectivity index (χ4v) is 3.57. The number of rotatable bonds is 3. The van der Waals surface area contributed by atoms with Gasteiger partial charge in [0.25, 0.3) is 0 Å². The molecule has 0 N–H and O–H groups in total. The van der Waals surface area contributed by atoms with Gasteiger partial charge in [0.1, 0.15) is 0 Å². The van der Waals surface area contributed by atoms with Crippen molar-refractivity contribution in [3.05, 3.63) is 75.0 Å². The molecule has 0 aliphatic rings. The Morgan fingerprint density at radius 3 is 1.27 bits per heavy atom. The fourth-order valence-electron chi connectivity index (χ4n) is 3.57. The zero-order valence-electron chi connectivity index (χ0n) is 14.8. The largest absolute Gasteiger partial charge is 0.504 e. The molecule has 0 aliphatic carbocycles. The van der Waals surface area contributed by atoms with E-state index in [0.29, 0.717) is 0 Å². The lowest BCUT2D eigenvalue weighted by atomic mass is 9.86. The maximum absolute atomic E-state index is 5.43. The van der Waals surface area contributed by atoms with E-state index in [0.717, 1.165) is 0 Å². The van der Waals surface area contributed by atoms with Gasteiger partial charge >= 0.3 is 0 Å². The van der Waals surface area contributed by atoms with Crippen molar-refractivity contribution >= 4 is 5.57 Å². The molecule has 0 heterocycles. The number of benzene rings is 2. The summed E-state index contributed by atoms with van der Waals surface area (Å²) < 4.78 is 5.43. The highest BCUT2D eigenvalue weighted by Gasteiger charge is 2.16. The molecule has 0 aromatic heterocycles. The Kier molecular flexibility index (Phi) is 4.75. The maximum Gasteiger partial charge on any atom is 0.0909 e. The smallest absolute Gasteiger partial charge is 0.0909 e. The summed E-state index contributed by atoms with van der Waals surface area (Å²) in [7, 11) is 1.72. The third-order valence-electron chi connectivity index (χ3n) is 4.13. The van der Waals surface area contributed by atoms with Crippen LogP contribution in [0.5, 0.6) is 0 Å². The Bertz CT molecular complexity index is 630. The van der Waals surface area contributed by atoms with Gasteiger partial charge in [-0.3, -0.25) is 0 Å². The summed E-state index contributed by atoms with van der Waals surface area (Å²) >= 11 is 0. The topological polar surface area (TPSA) is 9.23 Å². The molecular formula is C21H26O. The molecule has 0 radical (unpaired) electrons. The van der Waals surface area contributed by atoms with Gasteiger partial charge in [-0.05, 0) is 74.9 Å². The highest BCUT2D eigenvalue weighted by atomic mass is 16.5. The summed E-state index contributed by atoms with van der Waals surface area (Å²) in [4.78, 5) is 0. The molecule has 2 aromatic rings. The molecule has 2 aromatic carbocycles. The van der Waals surface area contributed by atoms with Gasteiger partial charge in [0, 0.05) is 5.57 Å². The van der Waals surface area contributed by atoms with Crippen molar-refractivity contribution in [2.45, 2.75) is 41.5 Å². The Hall–Kier alpha value is -2.02. The molecule has 0 unspecified atom stereocenters. The second-order valence-electron chi connectivity index (χ2n) is 6.31. The van der Waals surface area contributed by atoms with Crippen molar-refractivity contribution < 1.29 is 4.74 Å². The van der Waals surface area contributed by atoms with Gasteiger partial charge in [-0.25, -0.2) is 0 Å². The number of hydrogen-bond acceptors (Lipinski definition) is 1. The predicted octanol–water partition coefficient (Wildman–Crippen LogP) is 5.57. The van der Waals surface area contributed by atoms with Crippen molar-refractivity contribution in [3.63, 3.8) is 0 Å². The predicted molar refractivity (Wildman–Crippen MR) is 95.4 cm³/mol. The molecular weight excluding hydrogens is 268 g/mol. The average molecular weight is 294 g/mol. The van der Waals surface area contributed by atoms with Crippen LogP contribution in [0.15, 0.2) is 30.5 Å². The number of methoxy groups -OCH3 is 1. The molecule has 0 spiro atoms. The molecule has 0 aliphatic heterocycles. The molecule has 1 nitrogen and oxygen atoms in total. The SMILES string of the molecule is COC=C(c1c(C)cc(C)cc1C)c1c(C)cc(C)cc1C. The lowest BCUT2D eigenvalue weighted by molar-refractivity contribution is 0.340. The summed E-state index contributed by atoms with van der Waals surface area (Å²) in [6, 6.07) is 8.96. The van der Waals surface area contributed by atoms with E-state index in [4.69, 9.17) is 4.74 Å². The first-order valence-corrected chi connectivity index (χ1v) is 7.74. The number of aryl methyl sites for hydroxylation is 6. The van der Waals surface area contributed by atoms with Gasteiger partial charge in [0.05, 0.1) is 13.4 Å². The fraction of sp³-hybridized carbons (Fsp3) is 0.333. The summed E-state index contributed by atoms with van der Waals surface area (Å²) in [5.41, 5.74) is 11.5. The van der Waals surface area contributed by atoms with E-state index in [2.05, 4.69) is 65.8 Å². The van der Waals surface area contributed by atoms with Crippen LogP contribution in [0, 0.1) is 41.5 Å². The van der Waals surface area contributed by atoms with Crippen LogP contribution in [-0.4, -0.2) is 7.11 Å². The molecule has 0 fully saturated rings. The van der Waals surface area contributed by atoms with Crippen LogP contribution in [-0.2, 0) is 4.74 Å². The van der Waals surface area contributed by atoms with Crippen molar-refractivity contribution in [1.82, 2.24) is 0 Å². The molecule has 116 valence electrons. The van der Waals surface area contributed by atoms with E-state index < -0.39 is 0 Å². The summed E-state index contributed by atoms with van der Waals surface area (Å²) in [6.07, 6.45) is 1.88. The Labute approximate surface area is 134 Å². The van der Waals surface area contributed by atoms with Gasteiger partial charge in [-0.2, -0.15) is 0 Å². The van der Waals surface area contributed by atoms with Crippen LogP contribution in [0.3, 0.4) is 0 Å². The van der Waals surface area contributed by atoms with E-state index in [1.54, 1.807) is 7.11 Å². The van der Waals surface area contributed by atoms with Gasteiger partial charge in [0.15, 0.2) is 0 Å². The second-order valence-corrected chi connectivity index (χ2v) is 6.31. The van der Waals surface area contributed by atoms with Crippen LogP contribution >= 0.6 is 0 Å². The first-order chi connectivity index (χ1) is 10.3. The van der Waals surface area contributed by atoms with Gasteiger partial charge in [-0.15, -0.1) is 0 Å². The minimum Gasteiger partial charge on any atom is -0.504 e. The molecule has 0 bridgehead atoms. The molecule has 0 saturated heterocycles. The zero-order valence-corrected chi connectivity index (χ0v) is 14.8. The van der Waals surface area contributed by atoms with Crippen LogP contribution < -0.4 is 0 Å². The van der Waals surface area contributed by atoms with Gasteiger partial charge < -0.3 is 4.74 Å². The zero-order chi connectivity index (χ0) is 16.4. The lowest BCUT2D eigenvalue weighted by Gasteiger charge is -2.19. The molecule has 0 saturated carbocycles. The highest BCUT2D eigenvalue weighted by Crippen LogP contribution is 2.34. The Balaban J connectivity index is 2.77. The van der Waals surface area contributed by atoms with Crippen molar-refractivity contribution in [2.75, 3.05) is 7.11 Å². The van der Waals surface area contributed by atoms with E-state index in [-0.39, 0.29) is 0 Å². The minimum absolute atomic E-state index is 1.17. The van der Waals surface area contributed by atoms with Crippen molar-refractivity contribution in [2.24, 2.45) is 0 Å². The normalized spacial score (nSPS) is 10.5. The van der Waals surface area contributed by atoms with Crippen LogP contribution in [0.1, 0.15) is 44.5 Å². The van der Waals surface area contributed by atoms with Gasteiger partial charge in [-0.1, -0.05) is 35.4 Å². The van der Waals surface area contributed by atoms with Crippen molar-refractivity contribution in [3.8, 4) is 0 Å². The highest BCUT2D eigenvalue weighted by molar-refractivity contribution is 5.85. The molecule has 2 rings (SSSR count). The third-order valence-corrected chi connectivity index (χ3v) is 4.13. The quantitative estimate of drug-likeness (QED) is 0.672. The van der Waals surface area contributed by atoms with E-state index in [1.807, 2.05) is 6.26 Å². The molecule has 1 heteroatoms. The molecule has 0 atom stereocenters. The third kappa shape index (κ3) is 3.09. The lowest BCUT2D eigenvalue weighted by Crippen LogP contribution is -2.01. The van der Waals surface area contributed by atoms with E-state index in [1.165, 1.54) is 50.1 Å². The summed E-state index contributed by atoms with van der Waals surface area (Å²) in [5.74, 6) is 0. The van der Waals surface area contributed by atoms with Crippen molar-refractivity contribution in [1.29, 1.82) is 0 Å². The first kappa shape index (κ1) is 16.4. The van der Waals surface area contributed by atoms with Crippen LogP contribution in [0.4, 0.5) is 0 Å². The Morgan fingerprint density at radius 1 is 0.682 bits per heavy atom. The standard InChI is InChI=1S/C21H26O/c1-13-8-15(3)20(16(4)9-13)19(12-22-7)21-17(5)10-14(2)11-18(21)6/h8-12H,1-7H3. The van der Waals surface area contributed by atoms with Crippen LogP contribution in [0.2, 0.25) is 0 Å². The van der Waals surface area contributed by atoms with Crippen LogP contribution in [0.25, 0.3) is 5.57 Å². The maximum atomic E-state index is 5.43. The summed E-state index contributed by atoms with van der Waals surface area (Å²) in [6.45, 7) is 13.0. The minimum atomic E-state index is 1.17. The number of hydrogen-bond donors (Lipinski definition) is 0. The van der Waals surface area contributed by atoms with E-state index >= 15 is 0 Å².